The number of para-hydroxylation sites is 1. The fourth-order valence-corrected chi connectivity index (χ4v) is 3.51. The summed E-state index contributed by atoms with van der Waals surface area (Å²) in [5, 5.41) is 8.39. The first-order valence-corrected chi connectivity index (χ1v) is 7.88. The van der Waals surface area contributed by atoms with E-state index >= 15 is 0 Å². The highest BCUT2D eigenvalue weighted by molar-refractivity contribution is 7.71. The molecule has 0 amide bonds. The van der Waals surface area contributed by atoms with Crippen molar-refractivity contribution in [2.45, 2.75) is 38.7 Å². The van der Waals surface area contributed by atoms with Gasteiger partial charge in [0.1, 0.15) is 6.10 Å². The van der Waals surface area contributed by atoms with Gasteiger partial charge < -0.3 is 9.47 Å². The number of tetrazole rings is 1. The third-order valence-electron chi connectivity index (χ3n) is 4.38. The number of rotatable bonds is 2. The molecular formula is C15H16N4O3S. The number of Topliss-reactive ketones (excluding diaryl/α,β-unsaturated/α-hetero) is 1. The van der Waals surface area contributed by atoms with Crippen molar-refractivity contribution in [1.82, 2.24) is 19.8 Å². The van der Waals surface area contributed by atoms with Gasteiger partial charge in [-0.15, -0.1) is 0 Å². The molecule has 120 valence electrons. The van der Waals surface area contributed by atoms with Gasteiger partial charge in [0, 0.05) is 6.42 Å². The van der Waals surface area contributed by atoms with E-state index in [0.717, 1.165) is 16.8 Å². The highest BCUT2D eigenvalue weighted by atomic mass is 32.1. The number of hydrogen-bond donors (Lipinski definition) is 0. The predicted octanol–water partition coefficient (Wildman–Crippen LogP) is 1.67. The third kappa shape index (κ3) is 2.25. The number of carbonyl (C=O) groups is 1. The van der Waals surface area contributed by atoms with Gasteiger partial charge in [0.2, 0.25) is 11.1 Å². The van der Waals surface area contributed by atoms with E-state index in [0.29, 0.717) is 17.8 Å². The minimum atomic E-state index is -0.723. The molecule has 2 saturated heterocycles. The Balaban J connectivity index is 1.77. The lowest BCUT2D eigenvalue weighted by Gasteiger charge is -2.25. The number of carbonyl (C=O) groups excluding carboxylic acids is 1. The van der Waals surface area contributed by atoms with Crippen molar-refractivity contribution in [2.75, 3.05) is 6.61 Å². The van der Waals surface area contributed by atoms with Crippen LogP contribution in [0.1, 0.15) is 23.6 Å². The lowest BCUT2D eigenvalue weighted by Crippen LogP contribution is -2.37. The molecule has 0 aliphatic carbocycles. The summed E-state index contributed by atoms with van der Waals surface area (Å²) in [5.41, 5.74) is 3.05. The average Bonchev–Trinajstić information content (AvgIpc) is 3.10. The third-order valence-corrected chi connectivity index (χ3v) is 4.74. The van der Waals surface area contributed by atoms with E-state index in [9.17, 15) is 4.79 Å². The van der Waals surface area contributed by atoms with Crippen LogP contribution in [-0.2, 0) is 14.3 Å². The number of nitrogens with zero attached hydrogens (tertiary/aromatic N) is 4. The van der Waals surface area contributed by atoms with Crippen molar-refractivity contribution in [1.29, 1.82) is 0 Å². The fraction of sp³-hybridized carbons (Fsp3) is 0.467. The van der Waals surface area contributed by atoms with Crippen molar-refractivity contribution >= 4 is 18.0 Å². The Morgan fingerprint density at radius 1 is 1.26 bits per heavy atom. The van der Waals surface area contributed by atoms with Crippen LogP contribution in [0.15, 0.2) is 18.2 Å². The summed E-state index contributed by atoms with van der Waals surface area (Å²) in [7, 11) is 0. The number of ketones is 1. The van der Waals surface area contributed by atoms with Crippen molar-refractivity contribution in [3.63, 3.8) is 0 Å². The Kier molecular flexibility index (Phi) is 3.40. The topological polar surface area (TPSA) is 71.2 Å². The van der Waals surface area contributed by atoms with E-state index in [1.54, 1.807) is 9.36 Å². The number of aromatic nitrogens is 4. The van der Waals surface area contributed by atoms with Gasteiger partial charge in [-0.05, 0) is 47.6 Å². The number of aryl methyl sites for hydroxylation is 2. The molecule has 0 radical (unpaired) electrons. The highest BCUT2D eigenvalue weighted by Gasteiger charge is 2.45. The molecule has 2 fully saturated rings. The average molecular weight is 332 g/mol. The number of fused-ring (bicyclic) bond motifs is 2. The molecule has 3 atom stereocenters. The zero-order valence-electron chi connectivity index (χ0n) is 12.8. The molecule has 1 aromatic heterocycles. The molecule has 0 spiro atoms. The Labute approximate surface area is 137 Å². The van der Waals surface area contributed by atoms with Gasteiger partial charge in [-0.3, -0.25) is 4.79 Å². The normalized spacial score (nSPS) is 26.7. The first-order valence-electron chi connectivity index (χ1n) is 7.47. The molecule has 3 heterocycles. The SMILES string of the molecule is Cc1cccc(C)c1-n1nnn([C@@H]2CC(=O)[C@@H]3OC[C@H]2O3)c1=S. The summed E-state index contributed by atoms with van der Waals surface area (Å²) >= 11 is 5.55. The largest absolute Gasteiger partial charge is 0.343 e. The van der Waals surface area contributed by atoms with E-state index in [1.807, 2.05) is 32.0 Å². The number of hydrogen-bond acceptors (Lipinski definition) is 6. The van der Waals surface area contributed by atoms with Crippen LogP contribution < -0.4 is 0 Å². The minimum absolute atomic E-state index is 0.0766. The second kappa shape index (κ2) is 5.33. The van der Waals surface area contributed by atoms with Crippen molar-refractivity contribution < 1.29 is 14.3 Å². The molecular weight excluding hydrogens is 316 g/mol. The molecule has 8 heteroatoms. The maximum atomic E-state index is 12.0. The Morgan fingerprint density at radius 3 is 2.74 bits per heavy atom. The first kappa shape index (κ1) is 14.7. The van der Waals surface area contributed by atoms with E-state index in [-0.39, 0.29) is 17.9 Å². The van der Waals surface area contributed by atoms with E-state index in [4.69, 9.17) is 21.7 Å². The van der Waals surface area contributed by atoms with Crippen molar-refractivity contribution in [3.05, 3.63) is 34.1 Å². The summed E-state index contributed by atoms with van der Waals surface area (Å²) in [4.78, 5) is 12.0. The molecule has 2 aliphatic heterocycles. The predicted molar refractivity (Wildman–Crippen MR) is 82.9 cm³/mol. The van der Waals surface area contributed by atoms with Crippen LogP contribution in [0.25, 0.3) is 5.69 Å². The first-order chi connectivity index (χ1) is 11.1. The summed E-state index contributed by atoms with van der Waals surface area (Å²) in [6, 6.07) is 5.73. The summed E-state index contributed by atoms with van der Waals surface area (Å²) < 4.78 is 14.6. The smallest absolute Gasteiger partial charge is 0.221 e. The van der Waals surface area contributed by atoms with Crippen molar-refractivity contribution in [3.8, 4) is 5.69 Å². The molecule has 1 aromatic carbocycles. The van der Waals surface area contributed by atoms with Gasteiger partial charge in [0.15, 0.2) is 5.78 Å². The summed E-state index contributed by atoms with van der Waals surface area (Å²) in [5.74, 6) is -0.0766. The maximum absolute atomic E-state index is 12.0. The summed E-state index contributed by atoms with van der Waals surface area (Å²) in [6.07, 6.45) is -0.638. The van der Waals surface area contributed by atoms with Crippen LogP contribution >= 0.6 is 12.2 Å². The molecule has 7 nitrogen and oxygen atoms in total. The van der Waals surface area contributed by atoms with Gasteiger partial charge in [0.25, 0.3) is 0 Å². The molecule has 2 bridgehead atoms. The van der Waals surface area contributed by atoms with Crippen LogP contribution in [0.5, 0.6) is 0 Å². The molecule has 0 saturated carbocycles. The van der Waals surface area contributed by atoms with Crippen LogP contribution in [-0.4, -0.2) is 44.6 Å². The molecule has 0 N–H and O–H groups in total. The van der Waals surface area contributed by atoms with Gasteiger partial charge in [-0.25, -0.2) is 4.68 Å². The molecule has 4 rings (SSSR count). The lowest BCUT2D eigenvalue weighted by atomic mass is 10.0. The zero-order valence-corrected chi connectivity index (χ0v) is 13.6. The Bertz CT molecular complexity index is 823. The van der Waals surface area contributed by atoms with Crippen LogP contribution in [0.3, 0.4) is 0 Å². The van der Waals surface area contributed by atoms with E-state index in [1.165, 1.54) is 0 Å². The highest BCUT2D eigenvalue weighted by Crippen LogP contribution is 2.32. The van der Waals surface area contributed by atoms with Crippen molar-refractivity contribution in [2.24, 2.45) is 0 Å². The minimum Gasteiger partial charge on any atom is -0.343 e. The second-order valence-corrected chi connectivity index (χ2v) is 6.30. The second-order valence-electron chi connectivity index (χ2n) is 5.94. The quantitative estimate of drug-likeness (QED) is 0.779. The van der Waals surface area contributed by atoms with E-state index < -0.39 is 6.29 Å². The molecule has 2 aliphatic rings. The molecule has 0 unspecified atom stereocenters. The molecule has 2 aromatic rings. The maximum Gasteiger partial charge on any atom is 0.221 e. The van der Waals surface area contributed by atoms with Gasteiger partial charge >= 0.3 is 0 Å². The molecule has 23 heavy (non-hydrogen) atoms. The van der Waals surface area contributed by atoms with Gasteiger partial charge in [-0.1, -0.05) is 18.2 Å². The van der Waals surface area contributed by atoms with E-state index in [2.05, 4.69) is 10.4 Å². The van der Waals surface area contributed by atoms with Crippen LogP contribution in [0.4, 0.5) is 0 Å². The monoisotopic (exact) mass is 332 g/mol. The zero-order chi connectivity index (χ0) is 16.1. The standard InChI is InChI=1S/C15H16N4O3S/c1-8-4-3-5-9(2)13(8)19-15(23)18(16-17-19)10-6-11(20)14-21-7-12(10)22-14/h3-5,10,12,14H,6-7H2,1-2H3/t10-,12-,14-/m1/s1. The van der Waals surface area contributed by atoms with Crippen LogP contribution in [0.2, 0.25) is 0 Å². The number of benzene rings is 1. The summed E-state index contributed by atoms with van der Waals surface area (Å²) in [6.45, 7) is 4.39. The Hall–Kier alpha value is -1.90. The Morgan fingerprint density at radius 2 is 2.00 bits per heavy atom. The fourth-order valence-electron chi connectivity index (χ4n) is 3.21. The van der Waals surface area contributed by atoms with Gasteiger partial charge in [-0.2, -0.15) is 4.68 Å². The lowest BCUT2D eigenvalue weighted by molar-refractivity contribution is -0.156. The van der Waals surface area contributed by atoms with Gasteiger partial charge in [0.05, 0.1) is 18.3 Å². The van der Waals surface area contributed by atoms with Crippen LogP contribution in [0, 0.1) is 18.6 Å². The number of ether oxygens (including phenoxy) is 2.